The number of hydrogen-bond acceptors (Lipinski definition) is 3. The predicted molar refractivity (Wildman–Crippen MR) is 77.2 cm³/mol. The molecular formula is C15H25N3O2. The molecule has 0 aromatic carbocycles. The van der Waals surface area contributed by atoms with Crippen molar-refractivity contribution in [3.8, 4) is 0 Å². The molecule has 5 nitrogen and oxygen atoms in total. The van der Waals surface area contributed by atoms with Crippen LogP contribution in [-0.2, 0) is 16.1 Å². The maximum Gasteiger partial charge on any atom is 0.223 e. The van der Waals surface area contributed by atoms with E-state index >= 15 is 0 Å². The normalized spacial score (nSPS) is 18.8. The highest BCUT2D eigenvalue weighted by Gasteiger charge is 2.30. The first-order valence-corrected chi connectivity index (χ1v) is 7.30. The largest absolute Gasteiger partial charge is 0.381 e. The number of amides is 1. The van der Waals surface area contributed by atoms with Gasteiger partial charge < -0.3 is 14.6 Å². The number of hydrogen-bond donors (Lipinski definition) is 1. The number of rotatable bonds is 4. The SMILES string of the molecule is CC(C)(C)C(Cn1ccnc1)NC(=O)C1CCOCC1. The van der Waals surface area contributed by atoms with E-state index in [4.69, 9.17) is 4.74 Å². The zero-order valence-electron chi connectivity index (χ0n) is 12.6. The van der Waals surface area contributed by atoms with E-state index in [0.717, 1.165) is 19.4 Å². The molecule has 5 heteroatoms. The first kappa shape index (κ1) is 15.0. The summed E-state index contributed by atoms with van der Waals surface area (Å²) in [6, 6.07) is 0.0899. The summed E-state index contributed by atoms with van der Waals surface area (Å²) < 4.78 is 7.33. The minimum absolute atomic E-state index is 0.00506. The third kappa shape index (κ3) is 4.07. The van der Waals surface area contributed by atoms with Crippen molar-refractivity contribution in [1.82, 2.24) is 14.9 Å². The summed E-state index contributed by atoms with van der Waals surface area (Å²) >= 11 is 0. The molecule has 1 aliphatic heterocycles. The molecule has 1 N–H and O–H groups in total. The van der Waals surface area contributed by atoms with Gasteiger partial charge in [0.25, 0.3) is 0 Å². The lowest BCUT2D eigenvalue weighted by Crippen LogP contribution is -2.49. The van der Waals surface area contributed by atoms with Gasteiger partial charge in [0.05, 0.1) is 12.4 Å². The average Bonchev–Trinajstić information content (AvgIpc) is 2.91. The Labute approximate surface area is 120 Å². The van der Waals surface area contributed by atoms with Gasteiger partial charge in [-0.25, -0.2) is 4.98 Å². The quantitative estimate of drug-likeness (QED) is 0.915. The van der Waals surface area contributed by atoms with E-state index in [2.05, 4.69) is 31.1 Å². The number of aromatic nitrogens is 2. The smallest absolute Gasteiger partial charge is 0.223 e. The van der Waals surface area contributed by atoms with E-state index in [0.29, 0.717) is 13.2 Å². The Bertz CT molecular complexity index is 417. The van der Waals surface area contributed by atoms with E-state index in [1.165, 1.54) is 0 Å². The molecule has 0 saturated carbocycles. The lowest BCUT2D eigenvalue weighted by molar-refractivity contribution is -0.129. The van der Waals surface area contributed by atoms with Gasteiger partial charge in [0.15, 0.2) is 0 Å². The minimum atomic E-state index is 0.00506. The lowest BCUT2D eigenvalue weighted by Gasteiger charge is -2.33. The van der Waals surface area contributed by atoms with Crippen LogP contribution in [0.25, 0.3) is 0 Å². The minimum Gasteiger partial charge on any atom is -0.381 e. The van der Waals surface area contributed by atoms with Gasteiger partial charge in [0.2, 0.25) is 5.91 Å². The van der Waals surface area contributed by atoms with Gasteiger partial charge in [-0.3, -0.25) is 4.79 Å². The van der Waals surface area contributed by atoms with E-state index in [9.17, 15) is 4.79 Å². The molecule has 1 atom stereocenters. The van der Waals surface area contributed by atoms with Crippen molar-refractivity contribution < 1.29 is 9.53 Å². The standard InChI is InChI=1S/C15H25N3O2/c1-15(2,3)13(10-18-7-6-16-11-18)17-14(19)12-4-8-20-9-5-12/h6-7,11-13H,4-5,8-10H2,1-3H3,(H,17,19). The van der Waals surface area contributed by atoms with Crippen LogP contribution in [0.3, 0.4) is 0 Å². The van der Waals surface area contributed by atoms with Crippen molar-refractivity contribution in [2.24, 2.45) is 11.3 Å². The molecule has 1 aromatic heterocycles. The summed E-state index contributed by atoms with van der Waals surface area (Å²) in [5.74, 6) is 0.254. The maximum atomic E-state index is 12.4. The molecule has 1 aromatic rings. The van der Waals surface area contributed by atoms with Gasteiger partial charge in [-0.05, 0) is 18.3 Å². The van der Waals surface area contributed by atoms with Crippen LogP contribution in [0.2, 0.25) is 0 Å². The molecule has 0 spiro atoms. The van der Waals surface area contributed by atoms with Crippen molar-refractivity contribution in [3.63, 3.8) is 0 Å². The number of nitrogens with zero attached hydrogens (tertiary/aromatic N) is 2. The Morgan fingerprint density at radius 2 is 2.15 bits per heavy atom. The van der Waals surface area contributed by atoms with E-state index in [1.807, 2.05) is 10.8 Å². The Balaban J connectivity index is 1.98. The molecule has 1 fully saturated rings. The Hall–Kier alpha value is -1.36. The van der Waals surface area contributed by atoms with Crippen LogP contribution >= 0.6 is 0 Å². The zero-order valence-corrected chi connectivity index (χ0v) is 12.6. The summed E-state index contributed by atoms with van der Waals surface area (Å²) in [6.07, 6.45) is 7.14. The molecular weight excluding hydrogens is 254 g/mol. The van der Waals surface area contributed by atoms with Crippen LogP contribution in [0.15, 0.2) is 18.7 Å². The number of nitrogens with one attached hydrogen (secondary N) is 1. The monoisotopic (exact) mass is 279 g/mol. The highest BCUT2D eigenvalue weighted by Crippen LogP contribution is 2.22. The van der Waals surface area contributed by atoms with Crippen LogP contribution in [0.1, 0.15) is 33.6 Å². The molecule has 1 unspecified atom stereocenters. The molecule has 20 heavy (non-hydrogen) atoms. The molecule has 0 aliphatic carbocycles. The maximum absolute atomic E-state index is 12.4. The van der Waals surface area contributed by atoms with Crippen molar-refractivity contribution in [3.05, 3.63) is 18.7 Å². The Morgan fingerprint density at radius 3 is 2.70 bits per heavy atom. The van der Waals surface area contributed by atoms with Gasteiger partial charge in [-0.1, -0.05) is 20.8 Å². The topological polar surface area (TPSA) is 56.2 Å². The summed E-state index contributed by atoms with van der Waals surface area (Å²) in [6.45, 7) is 8.59. The molecule has 2 heterocycles. The third-order valence-electron chi connectivity index (χ3n) is 3.91. The summed E-state index contributed by atoms with van der Waals surface area (Å²) in [4.78, 5) is 16.5. The number of ether oxygens (including phenoxy) is 1. The van der Waals surface area contributed by atoms with Crippen molar-refractivity contribution >= 4 is 5.91 Å². The van der Waals surface area contributed by atoms with Crippen LogP contribution in [-0.4, -0.2) is 34.7 Å². The number of imidazole rings is 1. The summed E-state index contributed by atoms with van der Waals surface area (Å²) in [5.41, 5.74) is 0.00506. The second kappa shape index (κ2) is 6.39. The zero-order chi connectivity index (χ0) is 14.6. The molecule has 0 radical (unpaired) electrons. The molecule has 1 saturated heterocycles. The second-order valence-electron chi connectivity index (χ2n) is 6.57. The number of carbonyl (C=O) groups is 1. The third-order valence-corrected chi connectivity index (χ3v) is 3.91. The molecule has 112 valence electrons. The van der Waals surface area contributed by atoms with E-state index in [-0.39, 0.29) is 23.3 Å². The van der Waals surface area contributed by atoms with Crippen molar-refractivity contribution in [2.45, 2.75) is 46.2 Å². The van der Waals surface area contributed by atoms with Gasteiger partial charge in [-0.15, -0.1) is 0 Å². The summed E-state index contributed by atoms with van der Waals surface area (Å²) in [5, 5.41) is 3.22. The fraction of sp³-hybridized carbons (Fsp3) is 0.733. The van der Waals surface area contributed by atoms with Gasteiger partial charge >= 0.3 is 0 Å². The van der Waals surface area contributed by atoms with Gasteiger partial charge in [0, 0.05) is 38.1 Å². The van der Waals surface area contributed by atoms with Crippen LogP contribution in [0.5, 0.6) is 0 Å². The van der Waals surface area contributed by atoms with Crippen molar-refractivity contribution in [2.75, 3.05) is 13.2 Å². The average molecular weight is 279 g/mol. The van der Waals surface area contributed by atoms with Crippen molar-refractivity contribution in [1.29, 1.82) is 0 Å². The first-order valence-electron chi connectivity index (χ1n) is 7.30. The van der Waals surface area contributed by atoms with Crippen LogP contribution in [0, 0.1) is 11.3 Å². The second-order valence-corrected chi connectivity index (χ2v) is 6.57. The molecule has 2 rings (SSSR count). The summed E-state index contributed by atoms with van der Waals surface area (Å²) in [7, 11) is 0. The fourth-order valence-corrected chi connectivity index (χ4v) is 2.39. The fourth-order valence-electron chi connectivity index (χ4n) is 2.39. The Morgan fingerprint density at radius 1 is 1.45 bits per heavy atom. The van der Waals surface area contributed by atoms with Gasteiger partial charge in [0.1, 0.15) is 0 Å². The first-order chi connectivity index (χ1) is 9.47. The number of carbonyl (C=O) groups excluding carboxylic acids is 1. The van der Waals surface area contributed by atoms with E-state index < -0.39 is 0 Å². The van der Waals surface area contributed by atoms with E-state index in [1.54, 1.807) is 12.5 Å². The van der Waals surface area contributed by atoms with Gasteiger partial charge in [-0.2, -0.15) is 0 Å². The molecule has 1 amide bonds. The van der Waals surface area contributed by atoms with Crippen LogP contribution < -0.4 is 5.32 Å². The highest BCUT2D eigenvalue weighted by molar-refractivity contribution is 5.79. The highest BCUT2D eigenvalue weighted by atomic mass is 16.5. The van der Waals surface area contributed by atoms with Crippen LogP contribution in [0.4, 0.5) is 0 Å². The molecule has 1 aliphatic rings. The predicted octanol–water partition coefficient (Wildman–Crippen LogP) is 1.84. The molecule has 0 bridgehead atoms. The lowest BCUT2D eigenvalue weighted by atomic mass is 9.85. The Kier molecular flexibility index (Phi) is 4.81.